The van der Waals surface area contributed by atoms with E-state index in [1.165, 1.54) is 11.8 Å². The van der Waals surface area contributed by atoms with Crippen LogP contribution in [0.2, 0.25) is 0 Å². The number of aromatic nitrogens is 4. The molecular formula is C18H18N4O2S. The first-order chi connectivity index (χ1) is 12.2. The Morgan fingerprint density at radius 3 is 2.56 bits per heavy atom. The number of tetrazole rings is 1. The lowest BCUT2D eigenvalue weighted by Gasteiger charge is -2.15. The zero-order valence-electron chi connectivity index (χ0n) is 14.0. The van der Waals surface area contributed by atoms with Crippen molar-refractivity contribution in [1.82, 2.24) is 20.2 Å². The number of thioether (sulfide) groups is 1. The molecule has 0 amide bonds. The molecule has 128 valence electrons. The van der Waals surface area contributed by atoms with E-state index in [1.807, 2.05) is 61.5 Å². The molecule has 1 aromatic heterocycles. The fourth-order valence-corrected chi connectivity index (χ4v) is 3.30. The highest BCUT2D eigenvalue weighted by Gasteiger charge is 2.26. The maximum Gasteiger partial charge on any atom is 0.324 e. The summed E-state index contributed by atoms with van der Waals surface area (Å²) in [6.45, 7) is 4.14. The van der Waals surface area contributed by atoms with Gasteiger partial charge in [-0.1, -0.05) is 59.8 Å². The highest BCUT2D eigenvalue weighted by atomic mass is 32.2. The number of carbonyl (C=O) groups excluding carboxylic acids is 1. The summed E-state index contributed by atoms with van der Waals surface area (Å²) in [5.74, 6) is -0.308. The van der Waals surface area contributed by atoms with E-state index in [4.69, 9.17) is 4.74 Å². The number of hydrogen-bond acceptors (Lipinski definition) is 6. The maximum atomic E-state index is 12.4. The number of rotatable bonds is 6. The van der Waals surface area contributed by atoms with Crippen LogP contribution >= 0.6 is 11.8 Å². The Hall–Kier alpha value is -2.67. The Morgan fingerprint density at radius 2 is 1.88 bits per heavy atom. The first kappa shape index (κ1) is 17.2. The minimum Gasteiger partial charge on any atom is -0.465 e. The fourth-order valence-electron chi connectivity index (χ4n) is 2.30. The van der Waals surface area contributed by atoms with E-state index in [-0.39, 0.29) is 5.97 Å². The molecule has 1 atom stereocenters. The molecule has 0 aliphatic heterocycles. The molecule has 6 nitrogen and oxygen atoms in total. The van der Waals surface area contributed by atoms with Gasteiger partial charge in [0.25, 0.3) is 0 Å². The van der Waals surface area contributed by atoms with E-state index in [0.717, 1.165) is 16.8 Å². The molecule has 3 aromatic rings. The number of hydrogen-bond donors (Lipinski definition) is 0. The second-order valence-corrected chi connectivity index (χ2v) is 6.44. The van der Waals surface area contributed by atoms with Crippen LogP contribution in [0.5, 0.6) is 0 Å². The van der Waals surface area contributed by atoms with Crippen LogP contribution in [-0.4, -0.2) is 32.8 Å². The third-order valence-electron chi connectivity index (χ3n) is 3.55. The normalized spacial score (nSPS) is 11.9. The lowest BCUT2D eigenvalue weighted by molar-refractivity contribution is -0.142. The first-order valence-electron chi connectivity index (χ1n) is 7.92. The van der Waals surface area contributed by atoms with Gasteiger partial charge in [-0.15, -0.1) is 5.10 Å². The average Bonchev–Trinajstić information content (AvgIpc) is 3.09. The molecule has 0 spiro atoms. The van der Waals surface area contributed by atoms with Gasteiger partial charge in [0.2, 0.25) is 5.16 Å². The van der Waals surface area contributed by atoms with Crippen LogP contribution in [0.25, 0.3) is 5.69 Å². The molecule has 0 aliphatic rings. The first-order valence-corrected chi connectivity index (χ1v) is 8.80. The Bertz CT molecular complexity index is 834. The van der Waals surface area contributed by atoms with E-state index in [9.17, 15) is 4.79 Å². The molecule has 0 N–H and O–H groups in total. The molecule has 0 radical (unpaired) electrons. The minimum atomic E-state index is -0.531. The quantitative estimate of drug-likeness (QED) is 0.499. The maximum absolute atomic E-state index is 12.4. The monoisotopic (exact) mass is 354 g/mol. The third kappa shape index (κ3) is 4.06. The highest BCUT2D eigenvalue weighted by Crippen LogP contribution is 2.35. The van der Waals surface area contributed by atoms with Crippen molar-refractivity contribution < 1.29 is 9.53 Å². The van der Waals surface area contributed by atoms with Gasteiger partial charge in [0.05, 0.1) is 12.3 Å². The summed E-state index contributed by atoms with van der Waals surface area (Å²) in [6.07, 6.45) is 0. The number of benzene rings is 2. The van der Waals surface area contributed by atoms with Gasteiger partial charge in [0.15, 0.2) is 0 Å². The highest BCUT2D eigenvalue weighted by molar-refractivity contribution is 8.00. The summed E-state index contributed by atoms with van der Waals surface area (Å²) in [6, 6.07) is 17.4. The van der Waals surface area contributed by atoms with Crippen LogP contribution in [-0.2, 0) is 9.53 Å². The molecule has 2 aromatic carbocycles. The van der Waals surface area contributed by atoms with Gasteiger partial charge in [0.1, 0.15) is 5.25 Å². The van der Waals surface area contributed by atoms with Crippen molar-refractivity contribution in [1.29, 1.82) is 0 Å². The second-order valence-electron chi connectivity index (χ2n) is 5.37. The van der Waals surface area contributed by atoms with Gasteiger partial charge >= 0.3 is 5.97 Å². The Kier molecular flexibility index (Phi) is 5.45. The number of ether oxygens (including phenoxy) is 1. The van der Waals surface area contributed by atoms with Crippen LogP contribution in [0.4, 0.5) is 0 Å². The van der Waals surface area contributed by atoms with Crippen molar-refractivity contribution in [3.05, 3.63) is 65.7 Å². The summed E-state index contributed by atoms with van der Waals surface area (Å²) in [7, 11) is 0. The Balaban J connectivity index is 1.92. The molecule has 0 aliphatic carbocycles. The SMILES string of the molecule is CCOC(=O)[C@@H](Sc1nnnn1-c1ccc(C)cc1)c1ccccc1. The number of esters is 1. The minimum absolute atomic E-state index is 0.308. The molecule has 0 saturated heterocycles. The van der Waals surface area contributed by atoms with Crippen molar-refractivity contribution in [2.75, 3.05) is 6.61 Å². The molecule has 7 heteroatoms. The lowest BCUT2D eigenvalue weighted by atomic mass is 10.1. The third-order valence-corrected chi connectivity index (χ3v) is 4.71. The van der Waals surface area contributed by atoms with Gasteiger partial charge in [-0.2, -0.15) is 4.68 Å². The molecular weight excluding hydrogens is 336 g/mol. The fraction of sp³-hybridized carbons (Fsp3) is 0.222. The van der Waals surface area contributed by atoms with Crippen LogP contribution in [0, 0.1) is 6.92 Å². The van der Waals surface area contributed by atoms with E-state index in [0.29, 0.717) is 11.8 Å². The van der Waals surface area contributed by atoms with E-state index in [2.05, 4.69) is 15.5 Å². The molecule has 0 saturated carbocycles. The molecule has 0 fully saturated rings. The predicted octanol–water partition coefficient (Wildman–Crippen LogP) is 3.37. The van der Waals surface area contributed by atoms with Crippen molar-refractivity contribution >= 4 is 17.7 Å². The lowest BCUT2D eigenvalue weighted by Crippen LogP contribution is -2.14. The van der Waals surface area contributed by atoms with Crippen LogP contribution in [0.1, 0.15) is 23.3 Å². The second kappa shape index (κ2) is 7.94. The molecule has 25 heavy (non-hydrogen) atoms. The van der Waals surface area contributed by atoms with Gasteiger partial charge < -0.3 is 4.74 Å². The molecule has 3 rings (SSSR count). The summed E-state index contributed by atoms with van der Waals surface area (Å²) in [5, 5.41) is 11.9. The predicted molar refractivity (Wildman–Crippen MR) is 95.6 cm³/mol. The summed E-state index contributed by atoms with van der Waals surface area (Å²) < 4.78 is 6.86. The zero-order valence-corrected chi connectivity index (χ0v) is 14.8. The standard InChI is InChI=1S/C18H18N4O2S/c1-3-24-17(23)16(14-7-5-4-6-8-14)25-18-19-20-21-22(18)15-11-9-13(2)10-12-15/h4-12,16H,3H2,1-2H3/t16-/m0/s1. The Morgan fingerprint density at radius 1 is 1.16 bits per heavy atom. The van der Waals surface area contributed by atoms with Gasteiger partial charge in [-0.3, -0.25) is 4.79 Å². The topological polar surface area (TPSA) is 69.9 Å². The van der Waals surface area contributed by atoms with Crippen molar-refractivity contribution in [3.8, 4) is 5.69 Å². The van der Waals surface area contributed by atoms with Crippen LogP contribution in [0.3, 0.4) is 0 Å². The van der Waals surface area contributed by atoms with Crippen LogP contribution < -0.4 is 0 Å². The molecule has 0 unspecified atom stereocenters. The summed E-state index contributed by atoms with van der Waals surface area (Å²) >= 11 is 1.27. The molecule has 1 heterocycles. The number of nitrogens with zero attached hydrogens (tertiary/aromatic N) is 4. The zero-order chi connectivity index (χ0) is 17.6. The van der Waals surface area contributed by atoms with E-state index < -0.39 is 5.25 Å². The van der Waals surface area contributed by atoms with Gasteiger partial charge in [-0.25, -0.2) is 0 Å². The largest absolute Gasteiger partial charge is 0.465 e. The van der Waals surface area contributed by atoms with Crippen molar-refractivity contribution in [3.63, 3.8) is 0 Å². The van der Waals surface area contributed by atoms with Crippen LogP contribution in [0.15, 0.2) is 59.8 Å². The average molecular weight is 354 g/mol. The van der Waals surface area contributed by atoms with Gasteiger partial charge in [-0.05, 0) is 42.0 Å². The van der Waals surface area contributed by atoms with E-state index in [1.54, 1.807) is 11.6 Å². The van der Waals surface area contributed by atoms with E-state index >= 15 is 0 Å². The number of carbonyl (C=O) groups is 1. The van der Waals surface area contributed by atoms with Gasteiger partial charge in [0, 0.05) is 0 Å². The van der Waals surface area contributed by atoms with Crippen molar-refractivity contribution in [2.45, 2.75) is 24.3 Å². The Labute approximate surface area is 150 Å². The number of aryl methyl sites for hydroxylation is 1. The summed E-state index contributed by atoms with van der Waals surface area (Å²) in [4.78, 5) is 12.4. The smallest absolute Gasteiger partial charge is 0.324 e. The van der Waals surface area contributed by atoms with Crippen molar-refractivity contribution in [2.24, 2.45) is 0 Å². The molecule has 0 bridgehead atoms. The summed E-state index contributed by atoms with van der Waals surface area (Å²) in [5.41, 5.74) is 2.85.